The van der Waals surface area contributed by atoms with Crippen molar-refractivity contribution in [2.24, 2.45) is 0 Å². The fraction of sp³-hybridized carbons (Fsp3) is 0.533. The number of nitrogens with one attached hydrogen (secondary N) is 2. The van der Waals surface area contributed by atoms with Gasteiger partial charge in [0, 0.05) is 18.8 Å². The molecule has 0 bridgehead atoms. The fourth-order valence-electron chi connectivity index (χ4n) is 2.89. The van der Waals surface area contributed by atoms with E-state index in [1.54, 1.807) is 0 Å². The molecule has 4 heteroatoms. The lowest BCUT2D eigenvalue weighted by Crippen LogP contribution is -2.21. The van der Waals surface area contributed by atoms with Crippen molar-refractivity contribution in [1.29, 1.82) is 0 Å². The lowest BCUT2D eigenvalue weighted by atomic mass is 10.2. The van der Waals surface area contributed by atoms with Gasteiger partial charge in [-0.05, 0) is 51.4 Å². The molecule has 4 nitrogen and oxygen atoms in total. The molecule has 1 aromatic carbocycles. The van der Waals surface area contributed by atoms with Crippen molar-refractivity contribution in [3.8, 4) is 0 Å². The van der Waals surface area contributed by atoms with Gasteiger partial charge in [-0.3, -0.25) is 0 Å². The summed E-state index contributed by atoms with van der Waals surface area (Å²) < 4.78 is 0. The normalized spacial score (nSPS) is 19.2. The highest BCUT2D eigenvalue weighted by Crippen LogP contribution is 2.25. The zero-order valence-corrected chi connectivity index (χ0v) is 11.7. The van der Waals surface area contributed by atoms with E-state index in [0.29, 0.717) is 6.04 Å². The van der Waals surface area contributed by atoms with Gasteiger partial charge in [0.05, 0.1) is 17.1 Å². The third-order valence-corrected chi connectivity index (χ3v) is 4.00. The van der Waals surface area contributed by atoms with Crippen molar-refractivity contribution < 1.29 is 0 Å². The maximum atomic E-state index is 4.71. The lowest BCUT2D eigenvalue weighted by molar-refractivity contribution is 0.614. The fourth-order valence-corrected chi connectivity index (χ4v) is 2.89. The Morgan fingerprint density at radius 1 is 1.32 bits per heavy atom. The molecule has 0 amide bonds. The second-order valence-electron chi connectivity index (χ2n) is 5.14. The third kappa shape index (κ3) is 2.32. The topological polar surface area (TPSA) is 44.0 Å². The zero-order chi connectivity index (χ0) is 13.2. The second-order valence-corrected chi connectivity index (χ2v) is 5.14. The molecule has 0 spiro atoms. The van der Waals surface area contributed by atoms with Gasteiger partial charge < -0.3 is 15.2 Å². The number of hydrogen-bond acceptors (Lipinski definition) is 3. The van der Waals surface area contributed by atoms with Crippen LogP contribution >= 0.6 is 0 Å². The van der Waals surface area contributed by atoms with E-state index in [-0.39, 0.29) is 0 Å². The molecule has 0 saturated carbocycles. The summed E-state index contributed by atoms with van der Waals surface area (Å²) in [6, 6.07) is 6.91. The van der Waals surface area contributed by atoms with Crippen molar-refractivity contribution in [1.82, 2.24) is 15.3 Å². The van der Waals surface area contributed by atoms with Gasteiger partial charge in [0.2, 0.25) is 0 Å². The van der Waals surface area contributed by atoms with Gasteiger partial charge in [-0.15, -0.1) is 0 Å². The minimum Gasteiger partial charge on any atom is -0.372 e. The summed E-state index contributed by atoms with van der Waals surface area (Å²) in [6.45, 7) is 7.55. The summed E-state index contributed by atoms with van der Waals surface area (Å²) in [6.07, 6.45) is 2.43. The Balaban J connectivity index is 1.94. The van der Waals surface area contributed by atoms with Crippen LogP contribution in [-0.4, -0.2) is 29.6 Å². The molecule has 1 aliphatic rings. The quantitative estimate of drug-likeness (QED) is 0.886. The van der Waals surface area contributed by atoms with Gasteiger partial charge in [0.25, 0.3) is 0 Å². The van der Waals surface area contributed by atoms with Crippen LogP contribution in [-0.2, 0) is 0 Å². The molecule has 1 aliphatic heterocycles. The lowest BCUT2D eigenvalue weighted by Gasteiger charge is -2.20. The van der Waals surface area contributed by atoms with E-state index in [9.17, 15) is 0 Å². The molecule has 19 heavy (non-hydrogen) atoms. The van der Waals surface area contributed by atoms with E-state index in [4.69, 9.17) is 4.98 Å². The monoisotopic (exact) mass is 258 g/mol. The molecular formula is C15H22N4. The first-order valence-corrected chi connectivity index (χ1v) is 7.29. The Labute approximate surface area is 114 Å². The average Bonchev–Trinajstić information content (AvgIpc) is 3.08. The molecule has 2 N–H and O–H groups in total. The Kier molecular flexibility index (Phi) is 3.42. The Hall–Kier alpha value is -1.55. The van der Waals surface area contributed by atoms with Crippen molar-refractivity contribution in [2.75, 3.05) is 24.5 Å². The molecule has 2 heterocycles. The molecule has 0 aliphatic carbocycles. The van der Waals surface area contributed by atoms with E-state index in [0.717, 1.165) is 36.5 Å². The summed E-state index contributed by atoms with van der Waals surface area (Å²) in [5.74, 6) is 1.09. The minimum atomic E-state index is 0.407. The van der Waals surface area contributed by atoms with E-state index in [1.807, 2.05) is 0 Å². The van der Waals surface area contributed by atoms with Crippen LogP contribution in [0.1, 0.15) is 38.6 Å². The van der Waals surface area contributed by atoms with Crippen LogP contribution in [0.2, 0.25) is 0 Å². The highest BCUT2D eigenvalue weighted by molar-refractivity contribution is 5.79. The number of aromatic nitrogens is 2. The van der Waals surface area contributed by atoms with Crippen LogP contribution in [0.25, 0.3) is 11.0 Å². The molecule has 1 atom stereocenters. The summed E-state index contributed by atoms with van der Waals surface area (Å²) >= 11 is 0. The van der Waals surface area contributed by atoms with E-state index in [2.05, 4.69) is 47.2 Å². The van der Waals surface area contributed by atoms with Gasteiger partial charge >= 0.3 is 0 Å². The third-order valence-electron chi connectivity index (χ3n) is 4.00. The van der Waals surface area contributed by atoms with Crippen LogP contribution in [0.3, 0.4) is 0 Å². The number of fused-ring (bicyclic) bond motifs is 1. The summed E-state index contributed by atoms with van der Waals surface area (Å²) in [5.41, 5.74) is 3.49. The molecular weight excluding hydrogens is 236 g/mol. The van der Waals surface area contributed by atoms with Crippen molar-refractivity contribution >= 4 is 16.7 Å². The maximum absolute atomic E-state index is 4.71. The minimum absolute atomic E-state index is 0.407. The molecule has 0 radical (unpaired) electrons. The van der Waals surface area contributed by atoms with Crippen LogP contribution in [0.4, 0.5) is 5.69 Å². The standard InChI is InChI=1S/C15H22N4/c1-3-19(4-2)11-7-8-12-14(10-11)18-15(17-12)13-6-5-9-16-13/h7-8,10,13,16H,3-6,9H2,1-2H3,(H,17,18). The van der Waals surface area contributed by atoms with E-state index < -0.39 is 0 Å². The maximum Gasteiger partial charge on any atom is 0.124 e. The zero-order valence-electron chi connectivity index (χ0n) is 11.7. The molecule has 1 fully saturated rings. The molecule has 1 aromatic heterocycles. The molecule has 1 saturated heterocycles. The van der Waals surface area contributed by atoms with Gasteiger partial charge in [0.15, 0.2) is 0 Å². The number of H-pyrrole nitrogens is 1. The van der Waals surface area contributed by atoms with E-state index >= 15 is 0 Å². The van der Waals surface area contributed by atoms with Crippen molar-refractivity contribution in [3.05, 3.63) is 24.0 Å². The summed E-state index contributed by atoms with van der Waals surface area (Å²) in [5, 5.41) is 3.49. The van der Waals surface area contributed by atoms with Crippen molar-refractivity contribution in [3.63, 3.8) is 0 Å². The predicted octanol–water partition coefficient (Wildman–Crippen LogP) is 2.83. The van der Waals surface area contributed by atoms with Gasteiger partial charge in [-0.2, -0.15) is 0 Å². The molecule has 1 unspecified atom stereocenters. The number of rotatable bonds is 4. The number of benzene rings is 1. The van der Waals surface area contributed by atoms with E-state index in [1.165, 1.54) is 18.5 Å². The SMILES string of the molecule is CCN(CC)c1ccc2nc(C3CCCN3)[nH]c2c1. The average molecular weight is 258 g/mol. The highest BCUT2D eigenvalue weighted by atomic mass is 15.1. The first kappa shape index (κ1) is 12.5. The Morgan fingerprint density at radius 2 is 2.16 bits per heavy atom. The smallest absolute Gasteiger partial charge is 0.124 e. The number of imidazole rings is 1. The predicted molar refractivity (Wildman–Crippen MR) is 79.6 cm³/mol. The number of nitrogens with zero attached hydrogens (tertiary/aromatic N) is 2. The van der Waals surface area contributed by atoms with Crippen LogP contribution < -0.4 is 10.2 Å². The highest BCUT2D eigenvalue weighted by Gasteiger charge is 2.19. The van der Waals surface area contributed by atoms with Gasteiger partial charge in [0.1, 0.15) is 5.82 Å². The van der Waals surface area contributed by atoms with Crippen molar-refractivity contribution in [2.45, 2.75) is 32.7 Å². The largest absolute Gasteiger partial charge is 0.372 e. The number of hydrogen-bond donors (Lipinski definition) is 2. The number of aromatic amines is 1. The molecule has 3 rings (SSSR count). The Morgan fingerprint density at radius 3 is 2.84 bits per heavy atom. The number of anilines is 1. The van der Waals surface area contributed by atoms with Crippen LogP contribution in [0.5, 0.6) is 0 Å². The van der Waals surface area contributed by atoms with Crippen LogP contribution in [0.15, 0.2) is 18.2 Å². The van der Waals surface area contributed by atoms with Crippen LogP contribution in [0, 0.1) is 0 Å². The second kappa shape index (κ2) is 5.21. The van der Waals surface area contributed by atoms with Gasteiger partial charge in [-0.25, -0.2) is 4.98 Å². The van der Waals surface area contributed by atoms with Gasteiger partial charge in [-0.1, -0.05) is 0 Å². The first-order chi connectivity index (χ1) is 9.31. The molecule has 102 valence electrons. The summed E-state index contributed by atoms with van der Waals surface area (Å²) in [7, 11) is 0. The summed E-state index contributed by atoms with van der Waals surface area (Å²) in [4.78, 5) is 10.5. The molecule has 2 aromatic rings. The first-order valence-electron chi connectivity index (χ1n) is 7.29. The Bertz CT molecular complexity index is 550.